The normalized spacial score (nSPS) is 21.4. The summed E-state index contributed by atoms with van der Waals surface area (Å²) in [6, 6.07) is 7.21. The summed E-state index contributed by atoms with van der Waals surface area (Å²) in [7, 11) is -4.45. The molecule has 2 heterocycles. The number of phosphoric ester groups is 1. The van der Waals surface area contributed by atoms with Gasteiger partial charge in [0.15, 0.2) is 5.78 Å². The number of benzene rings is 1. The van der Waals surface area contributed by atoms with E-state index in [2.05, 4.69) is 0 Å². The molecular formula is C23H30FN2O9P. The van der Waals surface area contributed by atoms with E-state index in [0.29, 0.717) is 31.0 Å². The first-order chi connectivity index (χ1) is 17.1. The van der Waals surface area contributed by atoms with Crippen LogP contribution < -0.4 is 11.2 Å². The lowest BCUT2D eigenvalue weighted by Crippen LogP contribution is -2.34. The van der Waals surface area contributed by atoms with E-state index >= 15 is 0 Å². The van der Waals surface area contributed by atoms with Gasteiger partial charge in [-0.15, -0.1) is 0 Å². The number of halogens is 1. The van der Waals surface area contributed by atoms with E-state index in [9.17, 15) is 33.3 Å². The number of aliphatic hydroxyl groups excluding tert-OH is 1. The number of H-pyrrole nitrogens is 1. The molecule has 1 aromatic carbocycles. The first-order valence-electron chi connectivity index (χ1n) is 11.7. The zero-order valence-corrected chi connectivity index (χ0v) is 20.7. The van der Waals surface area contributed by atoms with Crippen LogP contribution in [0.4, 0.5) is 4.39 Å². The summed E-state index contributed by atoms with van der Waals surface area (Å²) in [5.41, 5.74) is -0.496. The SMILES string of the molecule is CCCCC(=O)c1ccc(CCCOP(=O)(O)OC[C@H]2O[C@@H](n3cc(F)c(=O)[nH]c3=O)C[C@@H]2O)cc1. The Hall–Kier alpha value is -2.47. The fraction of sp³-hybridized carbons (Fsp3) is 0.522. The summed E-state index contributed by atoms with van der Waals surface area (Å²) in [6.07, 6.45) is 0.483. The second-order valence-electron chi connectivity index (χ2n) is 8.50. The highest BCUT2D eigenvalue weighted by atomic mass is 31.2. The maximum absolute atomic E-state index is 13.5. The van der Waals surface area contributed by atoms with Gasteiger partial charge in [-0.1, -0.05) is 37.6 Å². The van der Waals surface area contributed by atoms with Crippen molar-refractivity contribution in [1.82, 2.24) is 9.55 Å². The Morgan fingerprint density at radius 2 is 1.97 bits per heavy atom. The van der Waals surface area contributed by atoms with Crippen molar-refractivity contribution in [2.24, 2.45) is 0 Å². The maximum atomic E-state index is 13.5. The number of carbonyl (C=O) groups is 1. The van der Waals surface area contributed by atoms with Crippen molar-refractivity contribution in [3.05, 3.63) is 68.2 Å². The number of ether oxygens (including phenoxy) is 1. The predicted octanol–water partition coefficient (Wildman–Crippen LogP) is 2.46. The second kappa shape index (κ2) is 12.7. The van der Waals surface area contributed by atoms with Gasteiger partial charge in [-0.3, -0.25) is 28.2 Å². The molecule has 4 atom stereocenters. The average Bonchev–Trinajstić information content (AvgIpc) is 3.22. The highest BCUT2D eigenvalue weighted by molar-refractivity contribution is 7.47. The van der Waals surface area contributed by atoms with E-state index in [0.717, 1.165) is 23.0 Å². The Bertz CT molecular complexity index is 1200. The average molecular weight is 528 g/mol. The number of phosphoric acid groups is 1. The second-order valence-corrected chi connectivity index (χ2v) is 9.95. The minimum atomic E-state index is -4.45. The molecule has 1 aromatic heterocycles. The van der Waals surface area contributed by atoms with Gasteiger partial charge in [0.2, 0.25) is 5.82 Å². The lowest BCUT2D eigenvalue weighted by Gasteiger charge is -2.18. The smallest absolute Gasteiger partial charge is 0.390 e. The van der Waals surface area contributed by atoms with Gasteiger partial charge in [-0.2, -0.15) is 4.39 Å². The molecule has 1 saturated heterocycles. The summed E-state index contributed by atoms with van der Waals surface area (Å²) in [6.45, 7) is 1.44. The van der Waals surface area contributed by atoms with Gasteiger partial charge in [0.05, 0.1) is 25.5 Å². The van der Waals surface area contributed by atoms with Gasteiger partial charge in [0.25, 0.3) is 5.56 Å². The van der Waals surface area contributed by atoms with E-state index in [-0.39, 0.29) is 18.8 Å². The van der Waals surface area contributed by atoms with Crippen LogP contribution in [0.25, 0.3) is 0 Å². The number of aryl methyl sites for hydroxylation is 1. The molecule has 1 aliphatic rings. The number of aromatic nitrogens is 2. The third-order valence-electron chi connectivity index (χ3n) is 5.74. The van der Waals surface area contributed by atoms with E-state index in [1.54, 1.807) is 17.1 Å². The standard InChI is InChI=1S/C23H30FN2O9P/c1-2-3-6-18(27)16-9-7-15(8-10-16)5-4-11-33-36(31,32)34-14-20-19(28)12-21(35-20)26-13-17(24)22(29)25-23(26)30/h7-10,13,19-21,28H,2-6,11-12,14H2,1H3,(H,31,32)(H,25,29,30)/t19-,20+,21+/m0/s1. The maximum Gasteiger partial charge on any atom is 0.472 e. The quantitative estimate of drug-likeness (QED) is 0.202. The number of hydrogen-bond donors (Lipinski definition) is 3. The number of ketones is 1. The molecule has 3 rings (SSSR count). The molecule has 3 N–H and O–H groups in total. The van der Waals surface area contributed by atoms with Crippen LogP contribution in [0.15, 0.2) is 40.1 Å². The van der Waals surface area contributed by atoms with Crippen molar-refractivity contribution in [3.63, 3.8) is 0 Å². The Labute approximate surface area is 206 Å². The van der Waals surface area contributed by atoms with Crippen LogP contribution in [0.5, 0.6) is 0 Å². The Kier molecular flexibility index (Phi) is 9.89. The van der Waals surface area contributed by atoms with Crippen LogP contribution in [0.3, 0.4) is 0 Å². The molecule has 1 fully saturated rings. The monoisotopic (exact) mass is 528 g/mol. The summed E-state index contributed by atoms with van der Waals surface area (Å²) >= 11 is 0. The van der Waals surface area contributed by atoms with Gasteiger partial charge in [-0.25, -0.2) is 9.36 Å². The fourth-order valence-electron chi connectivity index (χ4n) is 3.71. The lowest BCUT2D eigenvalue weighted by molar-refractivity contribution is -0.0467. The highest BCUT2D eigenvalue weighted by Crippen LogP contribution is 2.44. The molecule has 1 aliphatic heterocycles. The number of unbranched alkanes of at least 4 members (excludes halogenated alkanes) is 1. The molecule has 0 amide bonds. The number of Topliss-reactive ketones (excluding diaryl/α,β-unsaturated/α-hetero) is 1. The van der Waals surface area contributed by atoms with Crippen molar-refractivity contribution in [2.45, 2.75) is 63.9 Å². The summed E-state index contributed by atoms with van der Waals surface area (Å²) < 4.78 is 41.8. The highest BCUT2D eigenvalue weighted by Gasteiger charge is 2.37. The Balaban J connectivity index is 1.42. The van der Waals surface area contributed by atoms with Crippen molar-refractivity contribution in [2.75, 3.05) is 13.2 Å². The van der Waals surface area contributed by atoms with Crippen LogP contribution in [0.1, 0.15) is 61.2 Å². The van der Waals surface area contributed by atoms with Crippen LogP contribution in [0, 0.1) is 5.82 Å². The molecule has 11 nitrogen and oxygen atoms in total. The summed E-state index contributed by atoms with van der Waals surface area (Å²) in [4.78, 5) is 46.8. The molecule has 0 bridgehead atoms. The number of aliphatic hydroxyl groups is 1. The Morgan fingerprint density at radius 1 is 1.25 bits per heavy atom. The summed E-state index contributed by atoms with van der Waals surface area (Å²) in [5, 5.41) is 10.1. The van der Waals surface area contributed by atoms with Crippen LogP contribution in [-0.2, 0) is 24.8 Å². The summed E-state index contributed by atoms with van der Waals surface area (Å²) in [5.74, 6) is -1.09. The van der Waals surface area contributed by atoms with E-state index < -0.39 is 49.9 Å². The Morgan fingerprint density at radius 3 is 2.67 bits per heavy atom. The van der Waals surface area contributed by atoms with E-state index in [1.165, 1.54) is 0 Å². The van der Waals surface area contributed by atoms with Gasteiger partial charge in [-0.05, 0) is 24.8 Å². The van der Waals surface area contributed by atoms with Gasteiger partial charge < -0.3 is 14.7 Å². The molecule has 198 valence electrons. The largest absolute Gasteiger partial charge is 0.472 e. The molecule has 13 heteroatoms. The third-order valence-corrected chi connectivity index (χ3v) is 6.72. The van der Waals surface area contributed by atoms with Gasteiger partial charge >= 0.3 is 13.5 Å². The minimum Gasteiger partial charge on any atom is -0.390 e. The lowest BCUT2D eigenvalue weighted by atomic mass is 10.0. The number of hydrogen-bond acceptors (Lipinski definition) is 8. The van der Waals surface area contributed by atoms with Crippen LogP contribution in [0.2, 0.25) is 0 Å². The van der Waals surface area contributed by atoms with Crippen LogP contribution >= 0.6 is 7.82 Å². The molecular weight excluding hydrogens is 498 g/mol. The van der Waals surface area contributed by atoms with Crippen LogP contribution in [-0.4, -0.2) is 50.8 Å². The molecule has 0 spiro atoms. The minimum absolute atomic E-state index is 0.0757. The molecule has 1 unspecified atom stereocenters. The molecule has 2 aromatic rings. The van der Waals surface area contributed by atoms with Gasteiger partial charge in [0, 0.05) is 18.4 Å². The molecule has 0 saturated carbocycles. The number of nitrogens with zero attached hydrogens (tertiary/aromatic N) is 1. The fourth-order valence-corrected chi connectivity index (χ4v) is 4.48. The zero-order chi connectivity index (χ0) is 26.3. The van der Waals surface area contributed by atoms with E-state index in [1.807, 2.05) is 19.1 Å². The predicted molar refractivity (Wildman–Crippen MR) is 126 cm³/mol. The number of carbonyl (C=O) groups excluding carboxylic acids is 1. The first-order valence-corrected chi connectivity index (χ1v) is 13.2. The van der Waals surface area contributed by atoms with Gasteiger partial charge in [0.1, 0.15) is 12.3 Å². The third kappa shape index (κ3) is 7.76. The first kappa shape index (κ1) is 28.1. The zero-order valence-electron chi connectivity index (χ0n) is 19.8. The number of rotatable bonds is 13. The van der Waals surface area contributed by atoms with Crippen molar-refractivity contribution >= 4 is 13.6 Å². The van der Waals surface area contributed by atoms with Crippen molar-refractivity contribution in [3.8, 4) is 0 Å². The number of nitrogens with one attached hydrogen (secondary N) is 1. The molecule has 36 heavy (non-hydrogen) atoms. The topological polar surface area (TPSA) is 157 Å². The number of aromatic amines is 1. The molecule has 0 aliphatic carbocycles. The van der Waals surface area contributed by atoms with Crippen molar-refractivity contribution < 1.29 is 37.5 Å². The molecule has 0 radical (unpaired) electrons. The van der Waals surface area contributed by atoms with Crippen molar-refractivity contribution in [1.29, 1.82) is 0 Å². The van der Waals surface area contributed by atoms with E-state index in [4.69, 9.17) is 13.8 Å².